The lowest BCUT2D eigenvalue weighted by Gasteiger charge is -2.16. The third-order valence-electron chi connectivity index (χ3n) is 3.91. The van der Waals surface area contributed by atoms with Crippen LogP contribution >= 0.6 is 0 Å². The van der Waals surface area contributed by atoms with Crippen LogP contribution in [0.15, 0.2) is 24.8 Å². The fraction of sp³-hybridized carbons (Fsp3) is 0.500. The van der Waals surface area contributed by atoms with Gasteiger partial charge in [0.25, 0.3) is 0 Å². The molecule has 4 atom stereocenters. The van der Waals surface area contributed by atoms with E-state index in [9.17, 15) is 10.2 Å². The number of rotatable bonds is 6. The van der Waals surface area contributed by atoms with Gasteiger partial charge in [-0.05, 0) is 0 Å². The summed E-state index contributed by atoms with van der Waals surface area (Å²) < 4.78 is 7.35. The van der Waals surface area contributed by atoms with Gasteiger partial charge >= 0.3 is 0 Å². The number of nitrogens with two attached hydrogens (primary N) is 2. The van der Waals surface area contributed by atoms with Crippen LogP contribution < -0.4 is 16.8 Å². The minimum absolute atomic E-state index is 0.247. The average molecular weight is 335 g/mol. The lowest BCUT2D eigenvalue weighted by Crippen LogP contribution is -2.37. The highest BCUT2D eigenvalue weighted by atomic mass is 16.6. The quantitative estimate of drug-likeness (QED) is 0.301. The van der Waals surface area contributed by atoms with Gasteiger partial charge in [-0.1, -0.05) is 12.2 Å². The third kappa shape index (κ3) is 3.09. The summed E-state index contributed by atoms with van der Waals surface area (Å²) in [4.78, 5) is 12.1. The summed E-state index contributed by atoms with van der Waals surface area (Å²) >= 11 is 0. The Morgan fingerprint density at radius 2 is 2.08 bits per heavy atom. The first kappa shape index (κ1) is 16.7. The molecule has 2 unspecified atom stereocenters. The highest BCUT2D eigenvalue weighted by molar-refractivity contribution is 5.81. The van der Waals surface area contributed by atoms with Crippen LogP contribution in [0.4, 0.5) is 5.82 Å². The number of hydrogen-bond acceptors (Lipinski definition) is 9. The Hall–Kier alpha value is -2.11. The van der Waals surface area contributed by atoms with E-state index in [1.54, 1.807) is 4.57 Å². The first-order valence-electron chi connectivity index (χ1n) is 7.64. The lowest BCUT2D eigenvalue weighted by atomic mass is 10.1. The van der Waals surface area contributed by atoms with E-state index in [0.29, 0.717) is 30.8 Å². The monoisotopic (exact) mass is 335 g/mol. The summed E-state index contributed by atoms with van der Waals surface area (Å²) in [6.45, 7) is 1.46. The number of nitrogen functional groups attached to an aromatic ring is 1. The van der Waals surface area contributed by atoms with Crippen molar-refractivity contribution in [2.45, 2.75) is 24.5 Å². The van der Waals surface area contributed by atoms with Gasteiger partial charge in [-0.15, -0.1) is 0 Å². The van der Waals surface area contributed by atoms with Gasteiger partial charge in [0.2, 0.25) is 0 Å². The molecule has 1 aliphatic rings. The normalized spacial score (nSPS) is 27.5. The fourth-order valence-electron chi connectivity index (χ4n) is 2.67. The number of fused-ring (bicyclic) bond motifs is 1. The van der Waals surface area contributed by atoms with Gasteiger partial charge in [0.05, 0.1) is 6.33 Å². The van der Waals surface area contributed by atoms with E-state index < -0.39 is 24.5 Å². The van der Waals surface area contributed by atoms with Crippen molar-refractivity contribution >= 4 is 17.0 Å². The molecule has 2 aromatic heterocycles. The molecule has 1 aliphatic heterocycles. The van der Waals surface area contributed by atoms with E-state index in [0.717, 1.165) is 0 Å². The van der Waals surface area contributed by atoms with Crippen LogP contribution in [0.3, 0.4) is 0 Å². The van der Waals surface area contributed by atoms with Crippen molar-refractivity contribution in [3.8, 4) is 0 Å². The maximum Gasteiger partial charge on any atom is 0.167 e. The highest BCUT2D eigenvalue weighted by Crippen LogP contribution is 2.31. The van der Waals surface area contributed by atoms with E-state index in [1.807, 2.05) is 12.2 Å². The number of anilines is 1. The predicted molar refractivity (Wildman–Crippen MR) is 86.7 cm³/mol. The number of ether oxygens (including phenoxy) is 1. The molecule has 0 aromatic carbocycles. The Bertz CT molecular complexity index is 719. The number of imidazole rings is 1. The summed E-state index contributed by atoms with van der Waals surface area (Å²) in [7, 11) is 0. The van der Waals surface area contributed by atoms with Crippen molar-refractivity contribution in [3.05, 3.63) is 24.8 Å². The number of nitrogens with zero attached hydrogens (tertiary/aromatic N) is 4. The molecular weight excluding hydrogens is 314 g/mol. The molecule has 1 fully saturated rings. The molecule has 7 N–H and O–H groups in total. The van der Waals surface area contributed by atoms with E-state index in [1.165, 1.54) is 12.7 Å². The SMILES string of the molecule is NCC=CCNC[C@H]1O[C@@H](n2cnc3c(N)ncnc32)C(O)C1O. The largest absolute Gasteiger partial charge is 0.387 e. The van der Waals surface area contributed by atoms with Crippen LogP contribution in [0, 0.1) is 0 Å². The maximum absolute atomic E-state index is 10.3. The summed E-state index contributed by atoms with van der Waals surface area (Å²) in [5.74, 6) is 0.247. The van der Waals surface area contributed by atoms with Crippen molar-refractivity contribution in [2.75, 3.05) is 25.4 Å². The molecule has 24 heavy (non-hydrogen) atoms. The van der Waals surface area contributed by atoms with E-state index in [2.05, 4.69) is 20.3 Å². The zero-order valence-corrected chi connectivity index (χ0v) is 13.0. The molecule has 10 nitrogen and oxygen atoms in total. The van der Waals surface area contributed by atoms with Crippen molar-refractivity contribution < 1.29 is 14.9 Å². The van der Waals surface area contributed by atoms with Gasteiger partial charge in [-0.3, -0.25) is 4.57 Å². The molecule has 0 radical (unpaired) electrons. The smallest absolute Gasteiger partial charge is 0.167 e. The molecule has 130 valence electrons. The zero-order valence-electron chi connectivity index (χ0n) is 13.0. The second kappa shape index (κ2) is 7.20. The van der Waals surface area contributed by atoms with Crippen LogP contribution in [0.5, 0.6) is 0 Å². The number of hydrogen-bond donors (Lipinski definition) is 5. The molecule has 3 heterocycles. The second-order valence-corrected chi connectivity index (χ2v) is 5.49. The third-order valence-corrected chi connectivity index (χ3v) is 3.91. The van der Waals surface area contributed by atoms with Gasteiger partial charge in [0.1, 0.15) is 30.2 Å². The van der Waals surface area contributed by atoms with Crippen LogP contribution in [0.1, 0.15) is 6.23 Å². The zero-order chi connectivity index (χ0) is 17.1. The molecule has 0 spiro atoms. The van der Waals surface area contributed by atoms with Crippen LogP contribution in [0.25, 0.3) is 11.2 Å². The van der Waals surface area contributed by atoms with Gasteiger partial charge in [-0.25, -0.2) is 15.0 Å². The second-order valence-electron chi connectivity index (χ2n) is 5.49. The van der Waals surface area contributed by atoms with Gasteiger partial charge in [0, 0.05) is 19.6 Å². The summed E-state index contributed by atoms with van der Waals surface area (Å²) in [6.07, 6.45) is 3.00. The van der Waals surface area contributed by atoms with Gasteiger partial charge < -0.3 is 31.7 Å². The molecule has 0 saturated carbocycles. The van der Waals surface area contributed by atoms with E-state index in [4.69, 9.17) is 16.2 Å². The average Bonchev–Trinajstić information content (AvgIpc) is 3.12. The number of aliphatic hydroxyl groups excluding tert-OH is 2. The predicted octanol–water partition coefficient (Wildman–Crippen LogP) is -1.87. The minimum Gasteiger partial charge on any atom is -0.387 e. The van der Waals surface area contributed by atoms with Gasteiger partial charge in [-0.2, -0.15) is 0 Å². The van der Waals surface area contributed by atoms with Crippen molar-refractivity contribution in [2.24, 2.45) is 5.73 Å². The van der Waals surface area contributed by atoms with Gasteiger partial charge in [0.15, 0.2) is 17.7 Å². The Morgan fingerprint density at radius 1 is 1.25 bits per heavy atom. The number of aliphatic hydroxyl groups is 2. The molecule has 0 bridgehead atoms. The molecule has 1 saturated heterocycles. The number of aromatic nitrogens is 4. The molecular formula is C14H21N7O3. The summed E-state index contributed by atoms with van der Waals surface area (Å²) in [6, 6.07) is 0. The van der Waals surface area contributed by atoms with Crippen molar-refractivity contribution in [1.82, 2.24) is 24.8 Å². The first-order chi connectivity index (χ1) is 11.6. The van der Waals surface area contributed by atoms with Crippen LogP contribution in [-0.4, -0.2) is 67.7 Å². The Kier molecular flexibility index (Phi) is 5.02. The van der Waals surface area contributed by atoms with E-state index >= 15 is 0 Å². The Morgan fingerprint density at radius 3 is 2.88 bits per heavy atom. The molecule has 2 aromatic rings. The molecule has 3 rings (SSSR count). The van der Waals surface area contributed by atoms with Crippen molar-refractivity contribution in [1.29, 1.82) is 0 Å². The van der Waals surface area contributed by atoms with Crippen molar-refractivity contribution in [3.63, 3.8) is 0 Å². The van der Waals surface area contributed by atoms with E-state index in [-0.39, 0.29) is 5.82 Å². The molecule has 10 heteroatoms. The highest BCUT2D eigenvalue weighted by Gasteiger charge is 2.44. The Labute approximate surface area is 138 Å². The topological polar surface area (TPSA) is 157 Å². The summed E-state index contributed by atoms with van der Waals surface area (Å²) in [5, 5.41) is 23.6. The Balaban J connectivity index is 1.72. The van der Waals surface area contributed by atoms with Crippen LogP contribution in [-0.2, 0) is 4.74 Å². The molecule has 0 amide bonds. The lowest BCUT2D eigenvalue weighted by molar-refractivity contribution is -0.0339. The standard InChI is InChI=1S/C14H21N7O3/c15-3-1-2-4-17-5-8-10(22)11(23)14(24-8)21-7-20-9-12(16)18-6-19-13(9)21/h1-2,6-8,10-11,14,17,22-23H,3-5,15H2,(H2,16,18,19)/t8-,10?,11?,14-/m1/s1. The maximum atomic E-state index is 10.3. The fourth-order valence-corrected chi connectivity index (χ4v) is 2.67. The molecule has 0 aliphatic carbocycles. The first-order valence-corrected chi connectivity index (χ1v) is 7.64. The minimum atomic E-state index is -1.11. The number of nitrogens with one attached hydrogen (secondary N) is 1. The van der Waals surface area contributed by atoms with Crippen LogP contribution in [0.2, 0.25) is 0 Å². The summed E-state index contributed by atoms with van der Waals surface area (Å²) in [5.41, 5.74) is 12.0.